The van der Waals surface area contributed by atoms with Crippen LogP contribution in [0.3, 0.4) is 0 Å². The van der Waals surface area contributed by atoms with Gasteiger partial charge in [0, 0.05) is 13.0 Å². The molecule has 0 atom stereocenters. The highest BCUT2D eigenvalue weighted by Crippen LogP contribution is 2.16. The molecule has 2 aromatic rings. The third-order valence-corrected chi connectivity index (χ3v) is 3.03. The monoisotopic (exact) mass is 302 g/mol. The molecular formula is C16H18N2O4. The Morgan fingerprint density at radius 3 is 2.68 bits per heavy atom. The van der Waals surface area contributed by atoms with Crippen LogP contribution in [0.1, 0.15) is 22.5 Å². The molecule has 0 aliphatic heterocycles. The van der Waals surface area contributed by atoms with E-state index in [4.69, 9.17) is 9.15 Å². The average molecular weight is 302 g/mol. The van der Waals surface area contributed by atoms with Gasteiger partial charge in [0.2, 0.25) is 5.91 Å². The molecule has 2 amide bonds. The Labute approximate surface area is 128 Å². The van der Waals surface area contributed by atoms with E-state index in [9.17, 15) is 9.59 Å². The van der Waals surface area contributed by atoms with Crippen LogP contribution in [0.2, 0.25) is 0 Å². The van der Waals surface area contributed by atoms with Crippen LogP contribution in [0, 0.1) is 0 Å². The number of furan rings is 1. The van der Waals surface area contributed by atoms with Crippen molar-refractivity contribution in [2.24, 2.45) is 0 Å². The summed E-state index contributed by atoms with van der Waals surface area (Å²) in [5.41, 5.74) is 0.445. The molecule has 6 heteroatoms. The van der Waals surface area contributed by atoms with Gasteiger partial charge in [0.1, 0.15) is 11.5 Å². The van der Waals surface area contributed by atoms with Gasteiger partial charge in [-0.2, -0.15) is 0 Å². The molecule has 0 spiro atoms. The molecule has 0 saturated carbocycles. The van der Waals surface area contributed by atoms with Gasteiger partial charge in [-0.05, 0) is 24.3 Å². The maximum atomic E-state index is 12.0. The van der Waals surface area contributed by atoms with Crippen LogP contribution in [-0.2, 0) is 11.3 Å². The van der Waals surface area contributed by atoms with E-state index in [0.29, 0.717) is 23.6 Å². The van der Waals surface area contributed by atoms with Crippen LogP contribution in [0.5, 0.6) is 5.75 Å². The molecule has 0 unspecified atom stereocenters. The molecule has 0 fully saturated rings. The van der Waals surface area contributed by atoms with Crippen molar-refractivity contribution in [1.29, 1.82) is 0 Å². The van der Waals surface area contributed by atoms with E-state index in [1.807, 2.05) is 0 Å². The Hall–Kier alpha value is -2.76. The Balaban J connectivity index is 1.73. The zero-order valence-corrected chi connectivity index (χ0v) is 12.3. The first-order valence-corrected chi connectivity index (χ1v) is 6.91. The molecule has 0 radical (unpaired) electrons. The molecule has 0 aliphatic rings. The van der Waals surface area contributed by atoms with Gasteiger partial charge < -0.3 is 19.8 Å². The summed E-state index contributed by atoms with van der Waals surface area (Å²) < 4.78 is 10.2. The quantitative estimate of drug-likeness (QED) is 0.816. The maximum absolute atomic E-state index is 12.0. The summed E-state index contributed by atoms with van der Waals surface area (Å²) in [7, 11) is 1.51. The Morgan fingerprint density at radius 1 is 1.14 bits per heavy atom. The van der Waals surface area contributed by atoms with Crippen molar-refractivity contribution in [2.75, 3.05) is 13.7 Å². The van der Waals surface area contributed by atoms with E-state index in [-0.39, 0.29) is 24.8 Å². The van der Waals surface area contributed by atoms with Crippen LogP contribution < -0.4 is 15.4 Å². The standard InChI is InChI=1S/C16H18N2O4/c1-21-14-7-3-2-6-13(14)16(20)17-9-8-15(19)18-11-12-5-4-10-22-12/h2-7,10H,8-9,11H2,1H3,(H,17,20)(H,18,19). The van der Waals surface area contributed by atoms with Crippen molar-refractivity contribution >= 4 is 11.8 Å². The summed E-state index contributed by atoms with van der Waals surface area (Å²) >= 11 is 0. The van der Waals surface area contributed by atoms with Crippen LogP contribution in [0.25, 0.3) is 0 Å². The normalized spacial score (nSPS) is 10.0. The summed E-state index contributed by atoms with van der Waals surface area (Å²) in [5.74, 6) is 0.765. The Morgan fingerprint density at radius 2 is 1.95 bits per heavy atom. The second kappa shape index (κ2) is 7.87. The number of carbonyl (C=O) groups excluding carboxylic acids is 2. The number of benzene rings is 1. The predicted molar refractivity (Wildman–Crippen MR) is 80.5 cm³/mol. The summed E-state index contributed by atoms with van der Waals surface area (Å²) in [4.78, 5) is 23.7. The molecule has 116 valence electrons. The first kappa shape index (κ1) is 15.6. The molecule has 0 aliphatic carbocycles. The van der Waals surface area contributed by atoms with Gasteiger partial charge >= 0.3 is 0 Å². The Bertz CT molecular complexity index is 623. The Kier molecular flexibility index (Phi) is 5.59. The van der Waals surface area contributed by atoms with Gasteiger partial charge in [-0.3, -0.25) is 9.59 Å². The van der Waals surface area contributed by atoms with E-state index >= 15 is 0 Å². The molecule has 1 heterocycles. The highest BCUT2D eigenvalue weighted by molar-refractivity contribution is 5.97. The van der Waals surface area contributed by atoms with E-state index < -0.39 is 0 Å². The molecule has 1 aromatic carbocycles. The van der Waals surface area contributed by atoms with E-state index in [1.165, 1.54) is 7.11 Å². The van der Waals surface area contributed by atoms with Crippen molar-refractivity contribution in [1.82, 2.24) is 10.6 Å². The minimum atomic E-state index is -0.267. The third-order valence-electron chi connectivity index (χ3n) is 3.03. The van der Waals surface area contributed by atoms with Crippen molar-refractivity contribution < 1.29 is 18.7 Å². The number of ether oxygens (including phenoxy) is 1. The minimum absolute atomic E-state index is 0.156. The fraction of sp³-hybridized carbons (Fsp3) is 0.250. The number of carbonyl (C=O) groups is 2. The summed E-state index contributed by atoms with van der Waals surface area (Å²) in [6.45, 7) is 0.590. The van der Waals surface area contributed by atoms with Crippen molar-refractivity contribution in [2.45, 2.75) is 13.0 Å². The maximum Gasteiger partial charge on any atom is 0.255 e. The minimum Gasteiger partial charge on any atom is -0.496 e. The number of hydrogen-bond acceptors (Lipinski definition) is 4. The predicted octanol–water partition coefficient (Wildman–Crippen LogP) is 1.72. The van der Waals surface area contributed by atoms with Crippen LogP contribution in [0.15, 0.2) is 47.1 Å². The van der Waals surface area contributed by atoms with Gasteiger partial charge in [0.25, 0.3) is 5.91 Å². The molecule has 2 N–H and O–H groups in total. The highest BCUT2D eigenvalue weighted by atomic mass is 16.5. The molecule has 2 rings (SSSR count). The van der Waals surface area contributed by atoms with Crippen molar-refractivity contribution in [3.8, 4) is 5.75 Å². The largest absolute Gasteiger partial charge is 0.496 e. The lowest BCUT2D eigenvalue weighted by Crippen LogP contribution is -2.30. The molecule has 22 heavy (non-hydrogen) atoms. The fourth-order valence-electron chi connectivity index (χ4n) is 1.90. The van der Waals surface area contributed by atoms with Crippen molar-refractivity contribution in [3.05, 3.63) is 54.0 Å². The number of rotatable bonds is 7. The van der Waals surface area contributed by atoms with Gasteiger partial charge in [-0.15, -0.1) is 0 Å². The fourth-order valence-corrected chi connectivity index (χ4v) is 1.90. The topological polar surface area (TPSA) is 80.6 Å². The SMILES string of the molecule is COc1ccccc1C(=O)NCCC(=O)NCc1ccco1. The van der Waals surface area contributed by atoms with Crippen LogP contribution in [0.4, 0.5) is 0 Å². The number of nitrogens with one attached hydrogen (secondary N) is 2. The molecule has 0 bridgehead atoms. The second-order valence-corrected chi connectivity index (χ2v) is 4.56. The lowest BCUT2D eigenvalue weighted by molar-refractivity contribution is -0.121. The second-order valence-electron chi connectivity index (χ2n) is 4.56. The van der Waals surface area contributed by atoms with E-state index in [1.54, 1.807) is 42.7 Å². The molecule has 1 aromatic heterocycles. The summed E-state index contributed by atoms with van der Waals surface area (Å²) in [6, 6.07) is 10.5. The zero-order chi connectivity index (χ0) is 15.8. The molecule has 0 saturated heterocycles. The molecule has 6 nitrogen and oxygen atoms in total. The zero-order valence-electron chi connectivity index (χ0n) is 12.3. The van der Waals surface area contributed by atoms with Gasteiger partial charge in [-0.25, -0.2) is 0 Å². The van der Waals surface area contributed by atoms with Gasteiger partial charge in [0.15, 0.2) is 0 Å². The van der Waals surface area contributed by atoms with E-state index in [2.05, 4.69) is 10.6 Å². The lowest BCUT2D eigenvalue weighted by atomic mass is 10.2. The number of hydrogen-bond donors (Lipinski definition) is 2. The van der Waals surface area contributed by atoms with Crippen LogP contribution >= 0.6 is 0 Å². The van der Waals surface area contributed by atoms with Crippen LogP contribution in [-0.4, -0.2) is 25.5 Å². The van der Waals surface area contributed by atoms with Gasteiger partial charge in [-0.1, -0.05) is 12.1 Å². The first-order chi connectivity index (χ1) is 10.7. The average Bonchev–Trinajstić information content (AvgIpc) is 3.06. The highest BCUT2D eigenvalue weighted by Gasteiger charge is 2.11. The number of para-hydroxylation sites is 1. The first-order valence-electron chi connectivity index (χ1n) is 6.91. The summed E-state index contributed by atoms with van der Waals surface area (Å²) in [6.07, 6.45) is 1.75. The molecular weight excluding hydrogens is 284 g/mol. The lowest BCUT2D eigenvalue weighted by Gasteiger charge is -2.09. The summed E-state index contributed by atoms with van der Waals surface area (Å²) in [5, 5.41) is 5.41. The van der Waals surface area contributed by atoms with Crippen molar-refractivity contribution in [3.63, 3.8) is 0 Å². The van der Waals surface area contributed by atoms with E-state index in [0.717, 1.165) is 0 Å². The third kappa shape index (κ3) is 4.37. The number of amides is 2. The van der Waals surface area contributed by atoms with Gasteiger partial charge in [0.05, 0.1) is 25.5 Å². The number of methoxy groups -OCH3 is 1. The smallest absolute Gasteiger partial charge is 0.255 e.